The van der Waals surface area contributed by atoms with Gasteiger partial charge in [-0.3, -0.25) is 4.79 Å². The molecule has 0 amide bonds. The number of carbonyl (C=O) groups is 1. The van der Waals surface area contributed by atoms with E-state index in [1.807, 2.05) is 6.92 Å². The number of hydrogen-bond donors (Lipinski definition) is 0. The zero-order valence-corrected chi connectivity index (χ0v) is 10.6. The monoisotopic (exact) mass is 236 g/mol. The van der Waals surface area contributed by atoms with Crippen molar-refractivity contribution < 1.29 is 17.9 Å². The number of rotatable bonds is 6. The Balaban J connectivity index is 4.44. The summed E-state index contributed by atoms with van der Waals surface area (Å²) < 4.78 is 28.0. The van der Waals surface area contributed by atoms with Crippen LogP contribution in [0.1, 0.15) is 33.6 Å². The standard InChI is InChI=1S/C10H20O4S/c1-5-6-9(3)15(12,13)7-8(2)10(11)14-4/h8-9H,5-7H2,1-4H3. The molecule has 0 heterocycles. The van der Waals surface area contributed by atoms with E-state index in [0.29, 0.717) is 6.42 Å². The van der Waals surface area contributed by atoms with Crippen molar-refractivity contribution in [2.24, 2.45) is 5.92 Å². The number of esters is 1. The van der Waals surface area contributed by atoms with Crippen molar-refractivity contribution in [3.63, 3.8) is 0 Å². The van der Waals surface area contributed by atoms with Crippen LogP contribution < -0.4 is 0 Å². The van der Waals surface area contributed by atoms with Crippen LogP contribution in [-0.2, 0) is 19.4 Å². The van der Waals surface area contributed by atoms with Crippen LogP contribution in [0.4, 0.5) is 0 Å². The van der Waals surface area contributed by atoms with Gasteiger partial charge in [0.05, 0.1) is 24.0 Å². The van der Waals surface area contributed by atoms with Crippen LogP contribution in [0.15, 0.2) is 0 Å². The normalized spacial score (nSPS) is 15.7. The maximum atomic E-state index is 11.7. The van der Waals surface area contributed by atoms with Crippen LogP contribution in [-0.4, -0.2) is 32.5 Å². The SMILES string of the molecule is CCCC(C)S(=O)(=O)CC(C)C(=O)OC. The highest BCUT2D eigenvalue weighted by Gasteiger charge is 2.26. The molecule has 0 aliphatic carbocycles. The first-order valence-corrected chi connectivity index (χ1v) is 6.86. The van der Waals surface area contributed by atoms with Gasteiger partial charge in [-0.25, -0.2) is 8.42 Å². The first kappa shape index (κ1) is 14.4. The molecule has 90 valence electrons. The molecule has 0 aromatic rings. The predicted molar refractivity (Wildman–Crippen MR) is 59.3 cm³/mol. The molecule has 0 fully saturated rings. The molecule has 0 saturated heterocycles. The predicted octanol–water partition coefficient (Wildman–Crippen LogP) is 1.40. The van der Waals surface area contributed by atoms with E-state index in [0.717, 1.165) is 6.42 Å². The third-order valence-electron chi connectivity index (χ3n) is 2.39. The van der Waals surface area contributed by atoms with E-state index in [9.17, 15) is 13.2 Å². The zero-order chi connectivity index (χ0) is 12.1. The van der Waals surface area contributed by atoms with Crippen LogP contribution in [0.5, 0.6) is 0 Å². The summed E-state index contributed by atoms with van der Waals surface area (Å²) in [4.78, 5) is 11.1. The molecule has 0 aliphatic rings. The minimum Gasteiger partial charge on any atom is -0.469 e. The van der Waals surface area contributed by atoms with Crippen LogP contribution in [0, 0.1) is 5.92 Å². The van der Waals surface area contributed by atoms with Crippen LogP contribution in [0.2, 0.25) is 0 Å². The van der Waals surface area contributed by atoms with E-state index in [1.165, 1.54) is 7.11 Å². The zero-order valence-electron chi connectivity index (χ0n) is 9.82. The van der Waals surface area contributed by atoms with Crippen LogP contribution >= 0.6 is 0 Å². The van der Waals surface area contributed by atoms with Crippen LogP contribution in [0.25, 0.3) is 0 Å². The minimum atomic E-state index is -3.18. The Morgan fingerprint density at radius 1 is 1.33 bits per heavy atom. The van der Waals surface area contributed by atoms with Gasteiger partial charge in [-0.2, -0.15) is 0 Å². The van der Waals surface area contributed by atoms with Gasteiger partial charge in [-0.1, -0.05) is 20.3 Å². The van der Waals surface area contributed by atoms with Gasteiger partial charge in [-0.05, 0) is 13.3 Å². The Kier molecular flexibility index (Phi) is 5.87. The number of hydrogen-bond acceptors (Lipinski definition) is 4. The van der Waals surface area contributed by atoms with Crippen LogP contribution in [0.3, 0.4) is 0 Å². The second-order valence-corrected chi connectivity index (χ2v) is 6.32. The molecular formula is C10H20O4S. The number of carbonyl (C=O) groups excluding carboxylic acids is 1. The maximum Gasteiger partial charge on any atom is 0.309 e. The number of ether oxygens (including phenoxy) is 1. The summed E-state index contributed by atoms with van der Waals surface area (Å²) in [6.07, 6.45) is 1.46. The summed E-state index contributed by atoms with van der Waals surface area (Å²) in [5.74, 6) is -1.18. The van der Waals surface area contributed by atoms with Crippen molar-refractivity contribution in [2.45, 2.75) is 38.9 Å². The van der Waals surface area contributed by atoms with E-state index in [4.69, 9.17) is 0 Å². The van der Waals surface area contributed by atoms with Crippen molar-refractivity contribution in [3.8, 4) is 0 Å². The van der Waals surface area contributed by atoms with E-state index in [-0.39, 0.29) is 11.0 Å². The molecule has 15 heavy (non-hydrogen) atoms. The lowest BCUT2D eigenvalue weighted by molar-refractivity contribution is -0.144. The smallest absolute Gasteiger partial charge is 0.309 e. The Morgan fingerprint density at radius 2 is 1.87 bits per heavy atom. The lowest BCUT2D eigenvalue weighted by Gasteiger charge is -2.14. The fourth-order valence-corrected chi connectivity index (χ4v) is 3.12. The summed E-state index contributed by atoms with van der Waals surface area (Å²) in [6.45, 7) is 5.20. The molecule has 0 spiro atoms. The molecule has 2 atom stereocenters. The quantitative estimate of drug-likeness (QED) is 0.654. The van der Waals surface area contributed by atoms with Crippen molar-refractivity contribution in [1.29, 1.82) is 0 Å². The molecule has 0 aromatic heterocycles. The fourth-order valence-electron chi connectivity index (χ4n) is 1.37. The summed E-state index contributed by atoms with van der Waals surface area (Å²) >= 11 is 0. The highest BCUT2D eigenvalue weighted by atomic mass is 32.2. The van der Waals surface area contributed by atoms with Gasteiger partial charge in [0.2, 0.25) is 0 Å². The highest BCUT2D eigenvalue weighted by molar-refractivity contribution is 7.92. The first-order chi connectivity index (χ1) is 6.85. The van der Waals surface area contributed by atoms with Crippen molar-refractivity contribution >= 4 is 15.8 Å². The van der Waals surface area contributed by atoms with E-state index in [1.54, 1.807) is 13.8 Å². The van der Waals surface area contributed by atoms with Gasteiger partial charge in [0.1, 0.15) is 0 Å². The number of methoxy groups -OCH3 is 1. The Labute approximate surface area is 91.9 Å². The highest BCUT2D eigenvalue weighted by Crippen LogP contribution is 2.13. The molecule has 2 unspecified atom stereocenters. The second kappa shape index (κ2) is 6.10. The molecule has 0 saturated carbocycles. The Bertz CT molecular complexity index is 295. The van der Waals surface area contributed by atoms with Gasteiger partial charge < -0.3 is 4.74 Å². The van der Waals surface area contributed by atoms with Gasteiger partial charge in [0, 0.05) is 0 Å². The third kappa shape index (κ3) is 4.64. The first-order valence-electron chi connectivity index (χ1n) is 5.14. The van der Waals surface area contributed by atoms with Crippen molar-refractivity contribution in [1.82, 2.24) is 0 Å². The van der Waals surface area contributed by atoms with E-state index in [2.05, 4.69) is 4.74 Å². The summed E-state index contributed by atoms with van der Waals surface area (Å²) in [7, 11) is -1.91. The summed E-state index contributed by atoms with van der Waals surface area (Å²) in [5, 5.41) is -0.380. The number of sulfone groups is 1. The molecule has 4 nitrogen and oxygen atoms in total. The Hall–Kier alpha value is -0.580. The fraction of sp³-hybridized carbons (Fsp3) is 0.900. The molecular weight excluding hydrogens is 216 g/mol. The van der Waals surface area contributed by atoms with Gasteiger partial charge in [0.15, 0.2) is 9.84 Å². The maximum absolute atomic E-state index is 11.7. The average Bonchev–Trinajstić information content (AvgIpc) is 2.16. The van der Waals surface area contributed by atoms with Crippen molar-refractivity contribution in [3.05, 3.63) is 0 Å². The minimum absolute atomic E-state index is 0.124. The van der Waals surface area contributed by atoms with Crippen molar-refractivity contribution in [2.75, 3.05) is 12.9 Å². The second-order valence-electron chi connectivity index (χ2n) is 3.85. The Morgan fingerprint density at radius 3 is 2.27 bits per heavy atom. The van der Waals surface area contributed by atoms with E-state index >= 15 is 0 Å². The molecule has 0 aliphatic heterocycles. The molecule has 0 radical (unpaired) electrons. The van der Waals surface area contributed by atoms with Gasteiger partial charge >= 0.3 is 5.97 Å². The molecule has 5 heteroatoms. The average molecular weight is 236 g/mol. The largest absolute Gasteiger partial charge is 0.469 e. The summed E-state index contributed by atoms with van der Waals surface area (Å²) in [6, 6.07) is 0. The van der Waals surface area contributed by atoms with Gasteiger partial charge in [-0.15, -0.1) is 0 Å². The molecule has 0 bridgehead atoms. The molecule has 0 rings (SSSR count). The van der Waals surface area contributed by atoms with Gasteiger partial charge in [0.25, 0.3) is 0 Å². The third-order valence-corrected chi connectivity index (χ3v) is 4.82. The topological polar surface area (TPSA) is 60.4 Å². The molecule has 0 aromatic carbocycles. The summed E-state index contributed by atoms with van der Waals surface area (Å²) in [5.41, 5.74) is 0. The lowest BCUT2D eigenvalue weighted by atomic mass is 10.2. The lowest BCUT2D eigenvalue weighted by Crippen LogP contribution is -2.28. The van der Waals surface area contributed by atoms with E-state index < -0.39 is 21.7 Å². The molecule has 0 N–H and O–H groups in total.